The van der Waals surface area contributed by atoms with Crippen LogP contribution in [-0.2, 0) is 12.8 Å². The molecule has 0 bridgehead atoms. The third kappa shape index (κ3) is 2.92. The van der Waals surface area contributed by atoms with Gasteiger partial charge in [-0.15, -0.1) is 0 Å². The molecule has 0 spiro atoms. The molecule has 0 saturated carbocycles. The first-order chi connectivity index (χ1) is 8.70. The van der Waals surface area contributed by atoms with E-state index in [0.29, 0.717) is 11.7 Å². The van der Waals surface area contributed by atoms with Crippen molar-refractivity contribution in [3.8, 4) is 11.4 Å². The molecule has 0 amide bonds. The number of pyridine rings is 1. The minimum atomic E-state index is 0.146. The molecule has 0 aliphatic carbocycles. The molecule has 2 aromatic heterocycles. The van der Waals surface area contributed by atoms with Crippen LogP contribution in [0.2, 0.25) is 0 Å². The molecule has 0 radical (unpaired) electrons. The van der Waals surface area contributed by atoms with Crippen molar-refractivity contribution in [2.45, 2.75) is 39.2 Å². The number of aryl methyl sites for hydroxylation is 2. The van der Waals surface area contributed by atoms with Crippen LogP contribution in [0.1, 0.15) is 31.7 Å². The molecule has 2 N–H and O–H groups in total. The summed E-state index contributed by atoms with van der Waals surface area (Å²) in [6.45, 7) is 4.05. The number of aromatic nitrogens is 3. The topological polar surface area (TPSA) is 77.8 Å². The van der Waals surface area contributed by atoms with Gasteiger partial charge in [0.2, 0.25) is 11.7 Å². The first-order valence-electron chi connectivity index (χ1n) is 6.22. The summed E-state index contributed by atoms with van der Waals surface area (Å²) >= 11 is 0. The summed E-state index contributed by atoms with van der Waals surface area (Å²) in [6.07, 6.45) is 6.04. The van der Waals surface area contributed by atoms with E-state index < -0.39 is 0 Å². The van der Waals surface area contributed by atoms with E-state index in [1.807, 2.05) is 19.2 Å². The van der Waals surface area contributed by atoms with Crippen LogP contribution in [0.25, 0.3) is 11.4 Å². The van der Waals surface area contributed by atoms with Crippen LogP contribution in [0, 0.1) is 0 Å². The highest BCUT2D eigenvalue weighted by Crippen LogP contribution is 2.20. The van der Waals surface area contributed by atoms with Crippen molar-refractivity contribution in [2.24, 2.45) is 5.73 Å². The van der Waals surface area contributed by atoms with Crippen LogP contribution < -0.4 is 5.73 Å². The monoisotopic (exact) mass is 246 g/mol. The van der Waals surface area contributed by atoms with Gasteiger partial charge in [0.15, 0.2) is 0 Å². The molecule has 2 rings (SSSR count). The van der Waals surface area contributed by atoms with E-state index in [-0.39, 0.29) is 6.04 Å². The Morgan fingerprint density at radius 1 is 1.44 bits per heavy atom. The van der Waals surface area contributed by atoms with Gasteiger partial charge in [-0.1, -0.05) is 12.1 Å². The Hall–Kier alpha value is -1.75. The summed E-state index contributed by atoms with van der Waals surface area (Å²) in [6, 6.07) is 2.06. The average Bonchev–Trinajstić information content (AvgIpc) is 2.85. The maximum Gasteiger partial charge on any atom is 0.227 e. The number of hydrogen-bond acceptors (Lipinski definition) is 5. The third-order valence-corrected chi connectivity index (χ3v) is 2.81. The zero-order chi connectivity index (χ0) is 13.0. The second kappa shape index (κ2) is 5.73. The molecular weight excluding hydrogens is 228 g/mol. The van der Waals surface area contributed by atoms with E-state index in [4.69, 9.17) is 10.3 Å². The van der Waals surface area contributed by atoms with Crippen LogP contribution in [0.4, 0.5) is 0 Å². The van der Waals surface area contributed by atoms with Crippen LogP contribution in [-0.4, -0.2) is 21.2 Å². The van der Waals surface area contributed by atoms with Gasteiger partial charge in [0, 0.05) is 30.4 Å². The van der Waals surface area contributed by atoms with Gasteiger partial charge < -0.3 is 10.3 Å². The molecule has 2 aromatic rings. The zero-order valence-electron chi connectivity index (χ0n) is 10.8. The fraction of sp³-hybridized carbons (Fsp3) is 0.462. The summed E-state index contributed by atoms with van der Waals surface area (Å²) in [5, 5.41) is 4.02. The first-order valence-corrected chi connectivity index (χ1v) is 6.22. The molecule has 0 aliphatic rings. The molecule has 0 aliphatic heterocycles. The molecule has 0 aromatic carbocycles. The number of nitrogens with two attached hydrogens (primary N) is 1. The third-order valence-electron chi connectivity index (χ3n) is 2.81. The van der Waals surface area contributed by atoms with E-state index in [9.17, 15) is 0 Å². The van der Waals surface area contributed by atoms with Crippen molar-refractivity contribution in [3.63, 3.8) is 0 Å². The van der Waals surface area contributed by atoms with Gasteiger partial charge in [-0.25, -0.2) is 0 Å². The Morgan fingerprint density at radius 2 is 2.28 bits per heavy atom. The highest BCUT2D eigenvalue weighted by molar-refractivity contribution is 5.58. The summed E-state index contributed by atoms with van der Waals surface area (Å²) in [5.41, 5.74) is 7.82. The van der Waals surface area contributed by atoms with Gasteiger partial charge in [0.1, 0.15) is 0 Å². The van der Waals surface area contributed by atoms with Crippen LogP contribution in [0.3, 0.4) is 0 Å². The summed E-state index contributed by atoms with van der Waals surface area (Å²) in [4.78, 5) is 8.51. The van der Waals surface area contributed by atoms with Gasteiger partial charge in [-0.05, 0) is 31.4 Å². The second-order valence-corrected chi connectivity index (χ2v) is 4.41. The molecule has 2 heterocycles. The highest BCUT2D eigenvalue weighted by Gasteiger charge is 2.11. The molecule has 96 valence electrons. The minimum absolute atomic E-state index is 0.146. The standard InChI is InChI=1S/C13H18N4O/c1-3-10-8-15-7-6-11(10)13-16-12(18-17-13)5-4-9(2)14/h6-9H,3-5,14H2,1-2H3. The quantitative estimate of drug-likeness (QED) is 0.872. The van der Waals surface area contributed by atoms with Gasteiger partial charge in [-0.3, -0.25) is 4.98 Å². The number of nitrogens with zero attached hydrogens (tertiary/aromatic N) is 3. The molecular formula is C13H18N4O. The van der Waals surface area contributed by atoms with Gasteiger partial charge in [0.05, 0.1) is 0 Å². The fourth-order valence-corrected chi connectivity index (χ4v) is 1.74. The van der Waals surface area contributed by atoms with Crippen molar-refractivity contribution >= 4 is 0 Å². The Kier molecular flexibility index (Phi) is 4.04. The van der Waals surface area contributed by atoms with Gasteiger partial charge in [0.25, 0.3) is 0 Å². The molecule has 5 nitrogen and oxygen atoms in total. The lowest BCUT2D eigenvalue weighted by Gasteiger charge is -2.01. The normalized spacial score (nSPS) is 12.6. The predicted molar refractivity (Wildman–Crippen MR) is 68.9 cm³/mol. The zero-order valence-corrected chi connectivity index (χ0v) is 10.8. The lowest BCUT2D eigenvalue weighted by atomic mass is 10.1. The molecule has 1 unspecified atom stereocenters. The van der Waals surface area contributed by atoms with E-state index in [1.54, 1.807) is 6.20 Å². The Morgan fingerprint density at radius 3 is 3.00 bits per heavy atom. The SMILES string of the molecule is CCc1cnccc1-c1noc(CCC(C)N)n1. The Bertz CT molecular complexity index is 507. The van der Waals surface area contributed by atoms with E-state index in [1.165, 1.54) is 0 Å². The maximum absolute atomic E-state index is 5.71. The lowest BCUT2D eigenvalue weighted by Crippen LogP contribution is -2.15. The van der Waals surface area contributed by atoms with Crippen LogP contribution in [0.15, 0.2) is 23.0 Å². The average molecular weight is 246 g/mol. The summed E-state index contributed by atoms with van der Waals surface area (Å²) in [5.74, 6) is 1.27. The van der Waals surface area contributed by atoms with E-state index in [0.717, 1.165) is 30.4 Å². The Labute approximate surface area is 106 Å². The van der Waals surface area contributed by atoms with Crippen molar-refractivity contribution in [3.05, 3.63) is 29.9 Å². The van der Waals surface area contributed by atoms with Gasteiger partial charge >= 0.3 is 0 Å². The van der Waals surface area contributed by atoms with Crippen LogP contribution in [0.5, 0.6) is 0 Å². The first kappa shape index (κ1) is 12.7. The Balaban J connectivity index is 2.18. The smallest absolute Gasteiger partial charge is 0.227 e. The van der Waals surface area contributed by atoms with Crippen molar-refractivity contribution in [1.82, 2.24) is 15.1 Å². The van der Waals surface area contributed by atoms with Gasteiger partial charge in [-0.2, -0.15) is 4.98 Å². The van der Waals surface area contributed by atoms with Crippen molar-refractivity contribution in [2.75, 3.05) is 0 Å². The molecule has 5 heteroatoms. The molecule has 0 saturated heterocycles. The fourth-order valence-electron chi connectivity index (χ4n) is 1.74. The van der Waals surface area contributed by atoms with Crippen molar-refractivity contribution < 1.29 is 4.52 Å². The van der Waals surface area contributed by atoms with E-state index in [2.05, 4.69) is 22.0 Å². The highest BCUT2D eigenvalue weighted by atomic mass is 16.5. The number of rotatable bonds is 5. The molecule has 0 fully saturated rings. The van der Waals surface area contributed by atoms with Crippen molar-refractivity contribution in [1.29, 1.82) is 0 Å². The predicted octanol–water partition coefficient (Wildman–Crippen LogP) is 1.97. The summed E-state index contributed by atoms with van der Waals surface area (Å²) < 4.78 is 5.23. The molecule has 18 heavy (non-hydrogen) atoms. The van der Waals surface area contributed by atoms with E-state index >= 15 is 0 Å². The maximum atomic E-state index is 5.71. The number of hydrogen-bond donors (Lipinski definition) is 1. The van der Waals surface area contributed by atoms with Crippen LogP contribution >= 0.6 is 0 Å². The minimum Gasteiger partial charge on any atom is -0.339 e. The largest absolute Gasteiger partial charge is 0.339 e. The second-order valence-electron chi connectivity index (χ2n) is 4.41. The lowest BCUT2D eigenvalue weighted by molar-refractivity contribution is 0.372. The summed E-state index contributed by atoms with van der Waals surface area (Å²) in [7, 11) is 0. The molecule has 1 atom stereocenters.